The minimum absolute atomic E-state index is 0.195. The fraction of sp³-hybridized carbons (Fsp3) is 0.300. The summed E-state index contributed by atoms with van der Waals surface area (Å²) in [5.74, 6) is -0.654. The molecule has 0 amide bonds. The summed E-state index contributed by atoms with van der Waals surface area (Å²) in [4.78, 5) is 13.2. The van der Waals surface area contributed by atoms with Gasteiger partial charge in [-0.2, -0.15) is 13.2 Å². The maximum atomic E-state index is 12.1. The van der Waals surface area contributed by atoms with E-state index in [1.165, 1.54) is 18.2 Å². The monoisotopic (exact) mass is 265 g/mol. The van der Waals surface area contributed by atoms with Gasteiger partial charge in [0.2, 0.25) is 0 Å². The van der Waals surface area contributed by atoms with Gasteiger partial charge in [0, 0.05) is 0 Å². The van der Waals surface area contributed by atoms with Gasteiger partial charge in [-0.1, -0.05) is 6.07 Å². The van der Waals surface area contributed by atoms with E-state index in [2.05, 4.69) is 4.98 Å². The van der Waals surface area contributed by atoms with Gasteiger partial charge in [0.15, 0.2) is 5.58 Å². The van der Waals surface area contributed by atoms with Crippen LogP contribution in [0.25, 0.3) is 11.1 Å². The summed E-state index contributed by atoms with van der Waals surface area (Å²) in [6.07, 6.45) is -5.46. The molecule has 1 aromatic heterocycles. The molecule has 0 saturated carbocycles. The molecule has 3 nitrogen and oxygen atoms in total. The molecule has 1 heterocycles. The Hall–Kier alpha value is -1.43. The molecule has 1 atom stereocenters. The lowest BCUT2D eigenvalue weighted by atomic mass is 10.1. The Morgan fingerprint density at radius 1 is 1.41 bits per heavy atom. The molecule has 0 bridgehead atoms. The zero-order valence-electron chi connectivity index (χ0n) is 8.34. The largest absolute Gasteiger partial charge is 0.417 e. The fourth-order valence-electron chi connectivity index (χ4n) is 1.48. The van der Waals surface area contributed by atoms with E-state index in [0.29, 0.717) is 5.52 Å². The first-order valence-corrected chi connectivity index (χ1v) is 5.12. The second-order valence-electron chi connectivity index (χ2n) is 3.56. The van der Waals surface area contributed by atoms with E-state index in [4.69, 9.17) is 16.0 Å². The lowest BCUT2D eigenvalue weighted by Gasteiger charge is -2.12. The van der Waals surface area contributed by atoms with Crippen LogP contribution >= 0.6 is 11.6 Å². The number of rotatable bonds is 2. The molecule has 7 heteroatoms. The highest BCUT2D eigenvalue weighted by atomic mass is 35.5. The van der Waals surface area contributed by atoms with Gasteiger partial charge in [-0.15, -0.1) is 11.6 Å². The number of nitrogens with one attached hydrogen (secondary N) is 1. The number of benzene rings is 1. The van der Waals surface area contributed by atoms with Crippen molar-refractivity contribution in [1.29, 1.82) is 0 Å². The number of halogens is 4. The summed E-state index contributed by atoms with van der Waals surface area (Å²) in [5.41, 5.74) is 0.884. The molecule has 2 aromatic rings. The first kappa shape index (κ1) is 12.0. The first-order chi connectivity index (χ1) is 7.85. The van der Waals surface area contributed by atoms with E-state index in [1.54, 1.807) is 0 Å². The number of aromatic nitrogens is 1. The third-order valence-electron chi connectivity index (χ3n) is 2.22. The van der Waals surface area contributed by atoms with Crippen molar-refractivity contribution in [3.63, 3.8) is 0 Å². The van der Waals surface area contributed by atoms with Crippen LogP contribution in [-0.2, 0) is 0 Å². The van der Waals surface area contributed by atoms with Gasteiger partial charge < -0.3 is 4.42 Å². The third kappa shape index (κ3) is 2.82. The smallest absolute Gasteiger partial charge is 0.408 e. The minimum Gasteiger partial charge on any atom is -0.408 e. The number of H-pyrrole nitrogens is 1. The van der Waals surface area contributed by atoms with Crippen molar-refractivity contribution in [1.82, 2.24) is 4.98 Å². The number of aromatic amines is 1. The fourth-order valence-corrected chi connectivity index (χ4v) is 1.79. The quantitative estimate of drug-likeness (QED) is 0.847. The highest BCUT2D eigenvalue weighted by Crippen LogP contribution is 2.34. The highest BCUT2D eigenvalue weighted by molar-refractivity contribution is 6.20. The van der Waals surface area contributed by atoms with Crippen molar-refractivity contribution in [2.24, 2.45) is 0 Å². The van der Waals surface area contributed by atoms with Crippen molar-refractivity contribution < 1.29 is 17.6 Å². The van der Waals surface area contributed by atoms with E-state index >= 15 is 0 Å². The van der Waals surface area contributed by atoms with E-state index in [1.807, 2.05) is 0 Å². The number of fused-ring (bicyclic) bond motifs is 1. The van der Waals surface area contributed by atoms with Crippen LogP contribution in [0, 0.1) is 0 Å². The lowest BCUT2D eigenvalue weighted by Crippen LogP contribution is -2.10. The van der Waals surface area contributed by atoms with Crippen LogP contribution in [0.5, 0.6) is 0 Å². The van der Waals surface area contributed by atoms with Crippen LogP contribution < -0.4 is 5.76 Å². The van der Waals surface area contributed by atoms with Gasteiger partial charge in [0.25, 0.3) is 0 Å². The Balaban J connectivity index is 2.32. The summed E-state index contributed by atoms with van der Waals surface area (Å²) >= 11 is 5.65. The van der Waals surface area contributed by atoms with E-state index in [9.17, 15) is 18.0 Å². The summed E-state index contributed by atoms with van der Waals surface area (Å²) in [6, 6.07) is 4.22. The molecule has 2 rings (SSSR count). The standard InChI is InChI=1S/C10H7ClF3NO2/c11-6(4-10(12,13)14)5-1-2-7-8(3-5)17-9(16)15-7/h1-3,6H,4H2,(H,15,16). The Bertz CT molecular complexity index is 587. The van der Waals surface area contributed by atoms with Gasteiger partial charge in [-0.3, -0.25) is 4.98 Å². The molecule has 0 aliphatic heterocycles. The maximum Gasteiger partial charge on any atom is 0.417 e. The Morgan fingerprint density at radius 3 is 2.76 bits per heavy atom. The van der Waals surface area contributed by atoms with Gasteiger partial charge in [0.05, 0.1) is 17.3 Å². The number of alkyl halides is 4. The van der Waals surface area contributed by atoms with Crippen LogP contribution in [0.4, 0.5) is 13.2 Å². The second-order valence-corrected chi connectivity index (χ2v) is 4.08. The number of hydrogen-bond acceptors (Lipinski definition) is 2. The molecule has 1 aromatic carbocycles. The predicted molar refractivity (Wildman–Crippen MR) is 56.1 cm³/mol. The van der Waals surface area contributed by atoms with Crippen LogP contribution in [0.2, 0.25) is 0 Å². The average Bonchev–Trinajstić information content (AvgIpc) is 2.53. The summed E-state index contributed by atoms with van der Waals surface area (Å²) in [5, 5.41) is -1.19. The van der Waals surface area contributed by atoms with Crippen molar-refractivity contribution in [2.45, 2.75) is 18.0 Å². The molecule has 1 N–H and O–H groups in total. The molecule has 92 valence electrons. The van der Waals surface area contributed by atoms with E-state index in [-0.39, 0.29) is 11.1 Å². The van der Waals surface area contributed by atoms with Crippen LogP contribution in [0.3, 0.4) is 0 Å². The number of oxazole rings is 1. The molecular formula is C10H7ClF3NO2. The summed E-state index contributed by atoms with van der Waals surface area (Å²) in [7, 11) is 0. The third-order valence-corrected chi connectivity index (χ3v) is 2.62. The topological polar surface area (TPSA) is 46.0 Å². The molecule has 0 fully saturated rings. The van der Waals surface area contributed by atoms with Crippen LogP contribution in [0.15, 0.2) is 27.4 Å². The first-order valence-electron chi connectivity index (χ1n) is 4.69. The molecule has 0 aliphatic carbocycles. The lowest BCUT2D eigenvalue weighted by molar-refractivity contribution is -0.134. The molecule has 1 unspecified atom stereocenters. The molecule has 17 heavy (non-hydrogen) atoms. The Morgan fingerprint density at radius 2 is 2.12 bits per heavy atom. The van der Waals surface area contributed by atoms with Crippen LogP contribution in [0.1, 0.15) is 17.4 Å². The molecular weight excluding hydrogens is 259 g/mol. The van der Waals surface area contributed by atoms with Crippen molar-refractivity contribution >= 4 is 22.7 Å². The summed E-state index contributed by atoms with van der Waals surface area (Å²) in [6.45, 7) is 0. The molecule has 0 spiro atoms. The average molecular weight is 266 g/mol. The zero-order chi connectivity index (χ0) is 12.6. The van der Waals surface area contributed by atoms with Gasteiger partial charge in [-0.05, 0) is 17.7 Å². The summed E-state index contributed by atoms with van der Waals surface area (Å²) < 4.78 is 41.2. The van der Waals surface area contributed by atoms with Crippen molar-refractivity contribution in [3.05, 3.63) is 34.3 Å². The van der Waals surface area contributed by atoms with E-state index < -0.39 is 23.7 Å². The predicted octanol–water partition coefficient (Wildman–Crippen LogP) is 3.35. The van der Waals surface area contributed by atoms with Crippen LogP contribution in [-0.4, -0.2) is 11.2 Å². The SMILES string of the molecule is O=c1[nH]c2ccc(C(Cl)CC(F)(F)F)cc2o1. The number of hydrogen-bond donors (Lipinski definition) is 1. The molecule has 0 aliphatic rings. The molecule has 0 radical (unpaired) electrons. The Labute approximate surface area is 98.2 Å². The van der Waals surface area contributed by atoms with Crippen molar-refractivity contribution in [2.75, 3.05) is 0 Å². The van der Waals surface area contributed by atoms with Gasteiger partial charge in [-0.25, -0.2) is 4.79 Å². The molecule has 0 saturated heterocycles. The Kier molecular flexibility index (Phi) is 2.91. The highest BCUT2D eigenvalue weighted by Gasteiger charge is 2.31. The van der Waals surface area contributed by atoms with E-state index in [0.717, 1.165) is 0 Å². The van der Waals surface area contributed by atoms with Gasteiger partial charge in [0.1, 0.15) is 0 Å². The maximum absolute atomic E-state index is 12.1. The van der Waals surface area contributed by atoms with Crippen molar-refractivity contribution in [3.8, 4) is 0 Å². The normalized spacial score (nSPS) is 14.1. The minimum atomic E-state index is -4.33. The van der Waals surface area contributed by atoms with Gasteiger partial charge >= 0.3 is 11.9 Å². The zero-order valence-corrected chi connectivity index (χ0v) is 9.10. The second kappa shape index (κ2) is 4.10.